The highest BCUT2D eigenvalue weighted by Crippen LogP contribution is 2.18. The number of aliphatic hydroxyl groups is 1. The van der Waals surface area contributed by atoms with Crippen molar-refractivity contribution in [3.05, 3.63) is 59.8 Å². The average molecular weight is 391 g/mol. The molecular formula is C19H17N7O3. The summed E-state index contributed by atoms with van der Waals surface area (Å²) < 4.78 is 0. The summed E-state index contributed by atoms with van der Waals surface area (Å²) in [6.45, 7) is 0.751. The Kier molecular flexibility index (Phi) is 6.24. The van der Waals surface area contributed by atoms with Crippen LogP contribution in [0.2, 0.25) is 0 Å². The first-order chi connectivity index (χ1) is 14.1. The van der Waals surface area contributed by atoms with Crippen molar-refractivity contribution < 1.29 is 15.0 Å². The summed E-state index contributed by atoms with van der Waals surface area (Å²) in [5.41, 5.74) is 2.11. The molecule has 10 nitrogen and oxygen atoms in total. The maximum absolute atomic E-state index is 11.3. The SMILES string of the molecule is N#Cc1cnc(NCc2ccc(-c3cnc(NCCO)cn3)cc2)c(C(=O)O)n1. The van der Waals surface area contributed by atoms with Crippen molar-refractivity contribution >= 4 is 17.6 Å². The molecule has 3 rings (SSSR count). The number of carboxylic acid groups (broad SMARTS) is 1. The standard InChI is InChI=1S/C19H17N7O3/c20-7-14-9-25-18(17(26-14)19(28)29)24-8-12-1-3-13(4-2-12)15-10-23-16(11-22-15)21-5-6-27/h1-4,9-11,27H,5-6,8H2,(H,21,23)(H,24,25)(H,28,29). The van der Waals surface area contributed by atoms with E-state index in [0.29, 0.717) is 24.6 Å². The third-order valence-electron chi connectivity index (χ3n) is 3.87. The number of nitrogens with zero attached hydrogens (tertiary/aromatic N) is 5. The fourth-order valence-electron chi connectivity index (χ4n) is 2.45. The summed E-state index contributed by atoms with van der Waals surface area (Å²) in [5, 5.41) is 32.7. The topological polar surface area (TPSA) is 157 Å². The minimum absolute atomic E-state index is 0.0148. The summed E-state index contributed by atoms with van der Waals surface area (Å²) in [6, 6.07) is 9.28. The first-order valence-electron chi connectivity index (χ1n) is 8.61. The molecule has 10 heteroatoms. The molecule has 2 aromatic heterocycles. The van der Waals surface area contributed by atoms with Crippen LogP contribution >= 0.6 is 0 Å². The Morgan fingerprint density at radius 3 is 2.48 bits per heavy atom. The molecule has 0 fully saturated rings. The summed E-state index contributed by atoms with van der Waals surface area (Å²) in [7, 11) is 0. The van der Waals surface area contributed by atoms with Gasteiger partial charge < -0.3 is 20.8 Å². The van der Waals surface area contributed by atoms with Gasteiger partial charge in [0.2, 0.25) is 0 Å². The molecular weight excluding hydrogens is 374 g/mol. The van der Waals surface area contributed by atoms with E-state index in [2.05, 4.69) is 30.6 Å². The lowest BCUT2D eigenvalue weighted by atomic mass is 10.1. The summed E-state index contributed by atoms with van der Waals surface area (Å²) in [5.74, 6) is -0.582. The number of nitrogens with one attached hydrogen (secondary N) is 2. The molecule has 4 N–H and O–H groups in total. The smallest absolute Gasteiger partial charge is 0.358 e. The van der Waals surface area contributed by atoms with Crippen LogP contribution < -0.4 is 10.6 Å². The third-order valence-corrected chi connectivity index (χ3v) is 3.87. The van der Waals surface area contributed by atoms with Gasteiger partial charge in [-0.15, -0.1) is 0 Å². The van der Waals surface area contributed by atoms with Crippen LogP contribution in [-0.4, -0.2) is 49.3 Å². The van der Waals surface area contributed by atoms with E-state index >= 15 is 0 Å². The Morgan fingerprint density at radius 1 is 1.07 bits per heavy atom. The minimum atomic E-state index is -1.26. The highest BCUT2D eigenvalue weighted by molar-refractivity contribution is 5.90. The molecule has 0 bridgehead atoms. The quantitative estimate of drug-likeness (QED) is 0.444. The highest BCUT2D eigenvalue weighted by Gasteiger charge is 2.14. The van der Waals surface area contributed by atoms with Gasteiger partial charge in [0, 0.05) is 18.7 Å². The Bertz CT molecular complexity index is 1030. The summed E-state index contributed by atoms with van der Waals surface area (Å²) >= 11 is 0. The van der Waals surface area contributed by atoms with Crippen LogP contribution in [0, 0.1) is 11.3 Å². The normalized spacial score (nSPS) is 10.2. The van der Waals surface area contributed by atoms with Crippen molar-refractivity contribution in [3.8, 4) is 17.3 Å². The van der Waals surface area contributed by atoms with Crippen LogP contribution in [0.15, 0.2) is 42.9 Å². The number of aliphatic hydroxyl groups excluding tert-OH is 1. The number of carboxylic acids is 1. The second-order valence-corrected chi connectivity index (χ2v) is 5.86. The Hall–Kier alpha value is -4.10. The molecule has 0 spiro atoms. The van der Waals surface area contributed by atoms with Gasteiger partial charge >= 0.3 is 5.97 Å². The van der Waals surface area contributed by atoms with Crippen molar-refractivity contribution in [1.29, 1.82) is 5.26 Å². The fraction of sp³-hybridized carbons (Fsp3) is 0.158. The first kappa shape index (κ1) is 19.7. The van der Waals surface area contributed by atoms with Crippen molar-refractivity contribution in [2.45, 2.75) is 6.54 Å². The zero-order valence-electron chi connectivity index (χ0n) is 15.2. The van der Waals surface area contributed by atoms with Crippen molar-refractivity contribution in [3.63, 3.8) is 0 Å². The van der Waals surface area contributed by atoms with Crippen molar-refractivity contribution in [2.75, 3.05) is 23.8 Å². The molecule has 0 aliphatic heterocycles. The van der Waals surface area contributed by atoms with Gasteiger partial charge in [0.15, 0.2) is 17.2 Å². The van der Waals surface area contributed by atoms with Crippen LogP contribution in [0.5, 0.6) is 0 Å². The zero-order valence-corrected chi connectivity index (χ0v) is 15.2. The number of hydrogen-bond acceptors (Lipinski definition) is 9. The van der Waals surface area contributed by atoms with E-state index in [0.717, 1.165) is 11.1 Å². The molecule has 0 unspecified atom stereocenters. The number of benzene rings is 1. The lowest BCUT2D eigenvalue weighted by Crippen LogP contribution is -2.11. The Labute approximate surface area is 165 Å². The van der Waals surface area contributed by atoms with Gasteiger partial charge in [-0.3, -0.25) is 4.98 Å². The monoisotopic (exact) mass is 391 g/mol. The molecule has 1 aromatic carbocycles. The van der Waals surface area contributed by atoms with E-state index < -0.39 is 5.97 Å². The predicted molar refractivity (Wildman–Crippen MR) is 104 cm³/mol. The maximum Gasteiger partial charge on any atom is 0.358 e. The number of aromatic carboxylic acids is 1. The molecule has 29 heavy (non-hydrogen) atoms. The predicted octanol–water partition coefficient (Wildman–Crippen LogP) is 1.52. The third kappa shape index (κ3) is 5.00. The molecule has 0 radical (unpaired) electrons. The largest absolute Gasteiger partial charge is 0.476 e. The number of carbonyl (C=O) groups is 1. The van der Waals surface area contributed by atoms with Crippen molar-refractivity contribution in [2.24, 2.45) is 0 Å². The van der Waals surface area contributed by atoms with Crippen LogP contribution in [-0.2, 0) is 6.54 Å². The molecule has 0 atom stereocenters. The first-order valence-corrected chi connectivity index (χ1v) is 8.61. The molecule has 0 aliphatic rings. The number of rotatable bonds is 8. The van der Waals surface area contributed by atoms with Gasteiger partial charge in [-0.25, -0.2) is 19.7 Å². The van der Waals surface area contributed by atoms with E-state index in [1.165, 1.54) is 6.20 Å². The molecule has 0 saturated heterocycles. The maximum atomic E-state index is 11.3. The van der Waals surface area contributed by atoms with Crippen molar-refractivity contribution in [1.82, 2.24) is 19.9 Å². The van der Waals surface area contributed by atoms with Crippen LogP contribution in [0.1, 0.15) is 21.7 Å². The van der Waals surface area contributed by atoms with Gasteiger partial charge in [0.1, 0.15) is 11.9 Å². The summed E-state index contributed by atoms with van der Waals surface area (Å²) in [6.07, 6.45) is 4.45. The zero-order chi connectivity index (χ0) is 20.6. The fourth-order valence-corrected chi connectivity index (χ4v) is 2.45. The summed E-state index contributed by atoms with van der Waals surface area (Å²) in [4.78, 5) is 27.6. The van der Waals surface area contributed by atoms with Crippen LogP contribution in [0.3, 0.4) is 0 Å². The van der Waals surface area contributed by atoms with Gasteiger partial charge in [0.05, 0.1) is 30.9 Å². The number of aromatic nitrogens is 4. The Morgan fingerprint density at radius 2 is 1.86 bits per heavy atom. The van der Waals surface area contributed by atoms with Crippen LogP contribution in [0.25, 0.3) is 11.3 Å². The van der Waals surface area contributed by atoms with Gasteiger partial charge in [-0.1, -0.05) is 24.3 Å². The highest BCUT2D eigenvalue weighted by atomic mass is 16.4. The van der Waals surface area contributed by atoms with Gasteiger partial charge in [-0.05, 0) is 5.56 Å². The molecule has 0 amide bonds. The van der Waals surface area contributed by atoms with E-state index in [1.807, 2.05) is 24.3 Å². The van der Waals surface area contributed by atoms with Gasteiger partial charge in [-0.2, -0.15) is 5.26 Å². The van der Waals surface area contributed by atoms with E-state index in [-0.39, 0.29) is 23.8 Å². The number of hydrogen-bond donors (Lipinski definition) is 4. The number of anilines is 2. The average Bonchev–Trinajstić information content (AvgIpc) is 2.77. The minimum Gasteiger partial charge on any atom is -0.476 e. The second kappa shape index (κ2) is 9.20. The molecule has 3 aromatic rings. The molecule has 0 saturated carbocycles. The molecule has 146 valence electrons. The van der Waals surface area contributed by atoms with E-state index in [1.54, 1.807) is 18.5 Å². The van der Waals surface area contributed by atoms with Crippen LogP contribution in [0.4, 0.5) is 11.6 Å². The second-order valence-electron chi connectivity index (χ2n) is 5.86. The van der Waals surface area contributed by atoms with E-state index in [9.17, 15) is 9.90 Å². The molecule has 0 aliphatic carbocycles. The van der Waals surface area contributed by atoms with E-state index in [4.69, 9.17) is 10.4 Å². The molecule has 2 heterocycles. The Balaban J connectivity index is 1.67. The lowest BCUT2D eigenvalue weighted by molar-refractivity contribution is 0.0691. The lowest BCUT2D eigenvalue weighted by Gasteiger charge is -2.09. The van der Waals surface area contributed by atoms with Gasteiger partial charge in [0.25, 0.3) is 0 Å². The number of nitriles is 1.